The van der Waals surface area contributed by atoms with Crippen LogP contribution >= 0.6 is 0 Å². The second-order valence-electron chi connectivity index (χ2n) is 4.39. The first-order valence-electron chi connectivity index (χ1n) is 5.85. The maximum atomic E-state index is 11.1. The minimum absolute atomic E-state index is 0.419. The van der Waals surface area contributed by atoms with Crippen molar-refractivity contribution in [1.29, 1.82) is 0 Å². The van der Waals surface area contributed by atoms with Gasteiger partial charge in [0.15, 0.2) is 0 Å². The number of nitrogens with zero attached hydrogens (tertiary/aromatic N) is 1. The van der Waals surface area contributed by atoms with E-state index < -0.39 is 12.0 Å². The number of hydrogen-bond donors (Lipinski definition) is 2. The van der Waals surface area contributed by atoms with E-state index in [2.05, 4.69) is 0 Å². The van der Waals surface area contributed by atoms with Crippen LogP contribution in [0.4, 0.5) is 0 Å². The van der Waals surface area contributed by atoms with Crippen LogP contribution in [0.2, 0.25) is 0 Å². The summed E-state index contributed by atoms with van der Waals surface area (Å²) < 4.78 is 5.13. The van der Waals surface area contributed by atoms with Crippen LogP contribution in [0.1, 0.15) is 19.3 Å². The van der Waals surface area contributed by atoms with Crippen molar-refractivity contribution in [3.8, 4) is 0 Å². The van der Waals surface area contributed by atoms with Crippen molar-refractivity contribution in [2.75, 3.05) is 33.4 Å². The minimum atomic E-state index is -0.761. The van der Waals surface area contributed by atoms with Gasteiger partial charge in [-0.05, 0) is 38.3 Å². The summed E-state index contributed by atoms with van der Waals surface area (Å²) in [5.41, 5.74) is 5.45. The van der Waals surface area contributed by atoms with E-state index in [0.29, 0.717) is 25.5 Å². The van der Waals surface area contributed by atoms with Gasteiger partial charge in [-0.1, -0.05) is 0 Å². The SMILES string of the molecule is COCC1CCCN(C(CCN)C(=O)O)C1. The van der Waals surface area contributed by atoms with Gasteiger partial charge in [0.05, 0.1) is 6.61 Å². The number of ether oxygens (including phenoxy) is 1. The number of rotatable bonds is 6. The van der Waals surface area contributed by atoms with Gasteiger partial charge in [-0.2, -0.15) is 0 Å². The molecule has 0 aliphatic carbocycles. The maximum absolute atomic E-state index is 11.1. The third-order valence-electron chi connectivity index (χ3n) is 3.12. The van der Waals surface area contributed by atoms with Crippen LogP contribution < -0.4 is 5.73 Å². The molecule has 3 N–H and O–H groups in total. The lowest BCUT2D eigenvalue weighted by molar-refractivity contribution is -0.144. The Bertz CT molecular complexity index is 221. The molecule has 1 aliphatic heterocycles. The molecule has 0 aromatic rings. The predicted molar refractivity (Wildman–Crippen MR) is 61.3 cm³/mol. The van der Waals surface area contributed by atoms with E-state index >= 15 is 0 Å². The first-order valence-corrected chi connectivity index (χ1v) is 5.85. The normalized spacial score (nSPS) is 24.2. The number of nitrogens with two attached hydrogens (primary N) is 1. The summed E-state index contributed by atoms with van der Waals surface area (Å²) in [6, 6.07) is -0.426. The van der Waals surface area contributed by atoms with Gasteiger partial charge in [0.25, 0.3) is 0 Å². The Morgan fingerprint density at radius 2 is 2.44 bits per heavy atom. The van der Waals surface area contributed by atoms with Gasteiger partial charge in [-0.3, -0.25) is 9.69 Å². The number of carbonyl (C=O) groups is 1. The summed E-state index contributed by atoms with van der Waals surface area (Å²) in [4.78, 5) is 13.2. The first-order chi connectivity index (χ1) is 7.69. The van der Waals surface area contributed by atoms with Crippen molar-refractivity contribution in [3.63, 3.8) is 0 Å². The van der Waals surface area contributed by atoms with Crippen LogP contribution in [0, 0.1) is 5.92 Å². The highest BCUT2D eigenvalue weighted by atomic mass is 16.5. The van der Waals surface area contributed by atoms with Crippen LogP contribution in [0.25, 0.3) is 0 Å². The van der Waals surface area contributed by atoms with Crippen molar-refractivity contribution in [2.45, 2.75) is 25.3 Å². The monoisotopic (exact) mass is 230 g/mol. The minimum Gasteiger partial charge on any atom is -0.480 e. The molecule has 0 bridgehead atoms. The molecule has 1 aliphatic rings. The average Bonchev–Trinajstić information content (AvgIpc) is 2.26. The third-order valence-corrected chi connectivity index (χ3v) is 3.12. The van der Waals surface area contributed by atoms with Gasteiger partial charge in [0, 0.05) is 13.7 Å². The Labute approximate surface area is 96.6 Å². The molecule has 2 atom stereocenters. The topological polar surface area (TPSA) is 75.8 Å². The zero-order valence-electron chi connectivity index (χ0n) is 9.89. The molecule has 0 spiro atoms. The lowest BCUT2D eigenvalue weighted by Crippen LogP contribution is -2.48. The van der Waals surface area contributed by atoms with Gasteiger partial charge in [-0.25, -0.2) is 0 Å². The molecule has 2 unspecified atom stereocenters. The van der Waals surface area contributed by atoms with Gasteiger partial charge >= 0.3 is 5.97 Å². The molecule has 5 nitrogen and oxygen atoms in total. The molecule has 0 amide bonds. The van der Waals surface area contributed by atoms with E-state index in [4.69, 9.17) is 15.6 Å². The number of hydrogen-bond acceptors (Lipinski definition) is 4. The van der Waals surface area contributed by atoms with Crippen molar-refractivity contribution >= 4 is 5.97 Å². The van der Waals surface area contributed by atoms with Gasteiger partial charge < -0.3 is 15.6 Å². The largest absolute Gasteiger partial charge is 0.480 e. The quantitative estimate of drug-likeness (QED) is 0.679. The Morgan fingerprint density at radius 1 is 1.69 bits per heavy atom. The number of carboxylic acids is 1. The number of piperidine rings is 1. The van der Waals surface area contributed by atoms with E-state index in [-0.39, 0.29) is 0 Å². The van der Waals surface area contributed by atoms with Crippen LogP contribution in [0.3, 0.4) is 0 Å². The lowest BCUT2D eigenvalue weighted by atomic mass is 9.97. The predicted octanol–water partition coefficient (Wildman–Crippen LogP) is 0.147. The van der Waals surface area contributed by atoms with E-state index in [1.807, 2.05) is 4.90 Å². The van der Waals surface area contributed by atoms with Crippen LogP contribution in [-0.4, -0.2) is 55.4 Å². The molecule has 5 heteroatoms. The van der Waals surface area contributed by atoms with E-state index in [1.54, 1.807) is 7.11 Å². The van der Waals surface area contributed by atoms with Gasteiger partial charge in [-0.15, -0.1) is 0 Å². The zero-order valence-corrected chi connectivity index (χ0v) is 9.89. The summed E-state index contributed by atoms with van der Waals surface area (Å²) in [7, 11) is 1.69. The first kappa shape index (κ1) is 13.4. The molecular weight excluding hydrogens is 208 g/mol. The molecule has 1 fully saturated rings. The molecule has 0 aromatic heterocycles. The molecule has 0 aromatic carbocycles. The number of methoxy groups -OCH3 is 1. The highest BCUT2D eigenvalue weighted by Crippen LogP contribution is 2.19. The lowest BCUT2D eigenvalue weighted by Gasteiger charge is -2.36. The molecule has 94 valence electrons. The summed E-state index contributed by atoms with van der Waals surface area (Å²) in [5, 5.41) is 9.14. The standard InChI is InChI=1S/C11H22N2O3/c1-16-8-9-3-2-6-13(7-9)10(4-5-12)11(14)15/h9-10H,2-8,12H2,1H3,(H,14,15). The van der Waals surface area contributed by atoms with Crippen molar-refractivity contribution in [3.05, 3.63) is 0 Å². The highest BCUT2D eigenvalue weighted by molar-refractivity contribution is 5.73. The average molecular weight is 230 g/mol. The van der Waals surface area contributed by atoms with Crippen molar-refractivity contribution < 1.29 is 14.6 Å². The molecule has 1 saturated heterocycles. The van der Waals surface area contributed by atoms with Gasteiger partial charge in [0.2, 0.25) is 0 Å². The molecule has 1 heterocycles. The fourth-order valence-corrected chi connectivity index (χ4v) is 2.37. The smallest absolute Gasteiger partial charge is 0.320 e. The molecular formula is C11H22N2O3. The van der Waals surface area contributed by atoms with E-state index in [1.165, 1.54) is 0 Å². The third kappa shape index (κ3) is 3.73. The van der Waals surface area contributed by atoms with E-state index in [9.17, 15) is 4.79 Å². The summed E-state index contributed by atoms with van der Waals surface area (Å²) in [6.45, 7) is 2.80. The Morgan fingerprint density at radius 3 is 3.00 bits per heavy atom. The van der Waals surface area contributed by atoms with E-state index in [0.717, 1.165) is 25.9 Å². The number of likely N-dealkylation sites (tertiary alicyclic amines) is 1. The Kier molecular flexibility index (Phi) is 5.73. The summed E-state index contributed by atoms with van der Waals surface area (Å²) in [6.07, 6.45) is 2.69. The number of aliphatic carboxylic acids is 1. The second kappa shape index (κ2) is 6.83. The number of carboxylic acid groups (broad SMARTS) is 1. The highest BCUT2D eigenvalue weighted by Gasteiger charge is 2.29. The van der Waals surface area contributed by atoms with Crippen molar-refractivity contribution in [1.82, 2.24) is 4.90 Å². The van der Waals surface area contributed by atoms with Crippen molar-refractivity contribution in [2.24, 2.45) is 11.7 Å². The Hall–Kier alpha value is -0.650. The van der Waals surface area contributed by atoms with Crippen LogP contribution in [-0.2, 0) is 9.53 Å². The summed E-state index contributed by atoms with van der Waals surface area (Å²) >= 11 is 0. The fourth-order valence-electron chi connectivity index (χ4n) is 2.37. The molecule has 16 heavy (non-hydrogen) atoms. The maximum Gasteiger partial charge on any atom is 0.320 e. The zero-order chi connectivity index (χ0) is 12.0. The second-order valence-corrected chi connectivity index (χ2v) is 4.39. The van der Waals surface area contributed by atoms with Gasteiger partial charge in [0.1, 0.15) is 6.04 Å². The van der Waals surface area contributed by atoms with Crippen LogP contribution in [0.15, 0.2) is 0 Å². The molecule has 1 rings (SSSR count). The Balaban J connectivity index is 2.52. The fraction of sp³-hybridized carbons (Fsp3) is 0.909. The molecule has 0 radical (unpaired) electrons. The molecule has 0 saturated carbocycles. The summed E-state index contributed by atoms with van der Waals surface area (Å²) in [5.74, 6) is -0.304. The van der Waals surface area contributed by atoms with Crippen LogP contribution in [0.5, 0.6) is 0 Å².